The molecule has 1 atom stereocenters. The lowest BCUT2D eigenvalue weighted by Gasteiger charge is -2.39. The van der Waals surface area contributed by atoms with E-state index in [0.717, 1.165) is 36.2 Å². The first-order valence-corrected chi connectivity index (χ1v) is 11.4. The standard InChI is InChI=1S/C26H35NO5/c1-7-9-12-32-25(29)22-16(3)27-18-14-26(4,5)15-19(28)24(18)23(22)17-10-11-20(31-8-2)21(13-17)30-6/h10-11,13,23,27H,7-9,12,14-15H2,1-6H3/t23-/m1/s1. The van der Waals surface area contributed by atoms with E-state index in [1.165, 1.54) is 0 Å². The fourth-order valence-corrected chi connectivity index (χ4v) is 4.57. The van der Waals surface area contributed by atoms with Gasteiger partial charge in [0.2, 0.25) is 0 Å². The van der Waals surface area contributed by atoms with Crippen LogP contribution in [0.3, 0.4) is 0 Å². The zero-order valence-corrected chi connectivity index (χ0v) is 20.1. The van der Waals surface area contributed by atoms with E-state index in [9.17, 15) is 9.59 Å². The lowest BCUT2D eigenvalue weighted by Crippen LogP contribution is -2.38. The molecule has 2 aliphatic rings. The number of hydrogen-bond acceptors (Lipinski definition) is 6. The lowest BCUT2D eigenvalue weighted by molar-refractivity contribution is -0.139. The first kappa shape index (κ1) is 23.9. The Hall–Kier alpha value is -2.76. The molecule has 0 unspecified atom stereocenters. The van der Waals surface area contributed by atoms with Crippen LogP contribution in [0.4, 0.5) is 0 Å². The number of esters is 1. The van der Waals surface area contributed by atoms with Crippen molar-refractivity contribution in [2.24, 2.45) is 5.41 Å². The maximum Gasteiger partial charge on any atom is 0.336 e. The summed E-state index contributed by atoms with van der Waals surface area (Å²) >= 11 is 0. The summed E-state index contributed by atoms with van der Waals surface area (Å²) in [5.74, 6) is 0.378. The molecule has 0 fully saturated rings. The van der Waals surface area contributed by atoms with E-state index in [2.05, 4.69) is 26.1 Å². The molecule has 0 radical (unpaired) electrons. The number of methoxy groups -OCH3 is 1. The van der Waals surface area contributed by atoms with Crippen molar-refractivity contribution in [2.45, 2.75) is 66.2 Å². The number of Topliss-reactive ketones (excluding diaryl/α,β-unsaturated/α-hetero) is 1. The average Bonchev–Trinajstić information content (AvgIpc) is 2.72. The van der Waals surface area contributed by atoms with Crippen molar-refractivity contribution < 1.29 is 23.8 Å². The van der Waals surface area contributed by atoms with Crippen molar-refractivity contribution in [1.29, 1.82) is 0 Å². The van der Waals surface area contributed by atoms with Crippen molar-refractivity contribution >= 4 is 11.8 Å². The van der Waals surface area contributed by atoms with Gasteiger partial charge in [0.15, 0.2) is 17.3 Å². The van der Waals surface area contributed by atoms with Crippen molar-refractivity contribution in [1.82, 2.24) is 5.32 Å². The molecule has 1 heterocycles. The number of allylic oxidation sites excluding steroid dienone is 3. The van der Waals surface area contributed by atoms with Gasteiger partial charge in [-0.05, 0) is 49.8 Å². The van der Waals surface area contributed by atoms with Gasteiger partial charge in [0.05, 0.1) is 25.9 Å². The highest BCUT2D eigenvalue weighted by atomic mass is 16.5. The topological polar surface area (TPSA) is 73.9 Å². The second-order valence-electron chi connectivity index (χ2n) is 9.26. The third-order valence-corrected chi connectivity index (χ3v) is 6.01. The molecule has 6 nitrogen and oxygen atoms in total. The normalized spacial score (nSPS) is 19.9. The van der Waals surface area contributed by atoms with E-state index in [1.54, 1.807) is 7.11 Å². The van der Waals surface area contributed by atoms with Crippen molar-refractivity contribution in [3.63, 3.8) is 0 Å². The highest BCUT2D eigenvalue weighted by molar-refractivity contribution is 6.04. The third kappa shape index (κ3) is 4.84. The molecular weight excluding hydrogens is 406 g/mol. The zero-order valence-electron chi connectivity index (χ0n) is 20.1. The van der Waals surface area contributed by atoms with Gasteiger partial charge in [0, 0.05) is 29.3 Å². The van der Waals surface area contributed by atoms with Crippen LogP contribution in [0.25, 0.3) is 0 Å². The number of ether oxygens (including phenoxy) is 3. The van der Waals surface area contributed by atoms with Gasteiger partial charge in [-0.25, -0.2) is 4.79 Å². The van der Waals surface area contributed by atoms with Gasteiger partial charge >= 0.3 is 5.97 Å². The highest BCUT2D eigenvalue weighted by Crippen LogP contribution is 2.47. The maximum atomic E-state index is 13.4. The second-order valence-corrected chi connectivity index (χ2v) is 9.26. The molecule has 0 spiro atoms. The summed E-state index contributed by atoms with van der Waals surface area (Å²) in [5, 5.41) is 3.37. The van der Waals surface area contributed by atoms with Crippen molar-refractivity contribution in [3.8, 4) is 11.5 Å². The number of unbranched alkanes of at least 4 members (excludes halogenated alkanes) is 1. The number of carbonyl (C=O) groups is 2. The molecule has 32 heavy (non-hydrogen) atoms. The minimum Gasteiger partial charge on any atom is -0.493 e. The first-order valence-electron chi connectivity index (χ1n) is 11.4. The van der Waals surface area contributed by atoms with Crippen LogP contribution in [0.2, 0.25) is 0 Å². The predicted molar refractivity (Wildman–Crippen MR) is 124 cm³/mol. The Balaban J connectivity index is 2.12. The van der Waals surface area contributed by atoms with Crippen LogP contribution in [-0.2, 0) is 14.3 Å². The van der Waals surface area contributed by atoms with Crippen LogP contribution in [-0.4, -0.2) is 32.1 Å². The summed E-state index contributed by atoms with van der Waals surface area (Å²) in [6.07, 6.45) is 2.92. The minimum absolute atomic E-state index is 0.0629. The van der Waals surface area contributed by atoms with E-state index < -0.39 is 5.92 Å². The van der Waals surface area contributed by atoms with E-state index in [4.69, 9.17) is 14.2 Å². The molecule has 3 rings (SSSR count). The lowest BCUT2D eigenvalue weighted by atomic mass is 9.68. The number of hydrogen-bond donors (Lipinski definition) is 1. The molecule has 1 aliphatic heterocycles. The summed E-state index contributed by atoms with van der Waals surface area (Å²) in [4.78, 5) is 26.5. The molecule has 0 saturated heterocycles. The van der Waals surface area contributed by atoms with Crippen molar-refractivity contribution in [2.75, 3.05) is 20.3 Å². The third-order valence-electron chi connectivity index (χ3n) is 6.01. The SMILES string of the molecule is CCCCOC(=O)C1=C(C)NC2=C(C(=O)CC(C)(C)C2)[C@@H]1c1ccc(OCC)c(OC)c1. The van der Waals surface area contributed by atoms with Crippen LogP contribution in [0.15, 0.2) is 40.7 Å². The molecule has 6 heteroatoms. The van der Waals surface area contributed by atoms with E-state index in [0.29, 0.717) is 42.3 Å². The Morgan fingerprint density at radius 3 is 2.59 bits per heavy atom. The van der Waals surface area contributed by atoms with Gasteiger partial charge in [0.1, 0.15) is 0 Å². The second kappa shape index (κ2) is 9.80. The Morgan fingerprint density at radius 2 is 1.94 bits per heavy atom. The predicted octanol–water partition coefficient (Wildman–Crippen LogP) is 5.04. The Kier molecular flexibility index (Phi) is 7.32. The average molecular weight is 442 g/mol. The molecule has 174 valence electrons. The molecule has 0 amide bonds. The van der Waals surface area contributed by atoms with Gasteiger partial charge in [-0.15, -0.1) is 0 Å². The minimum atomic E-state index is -0.506. The maximum absolute atomic E-state index is 13.4. The van der Waals surface area contributed by atoms with Gasteiger partial charge in [0.25, 0.3) is 0 Å². The fraction of sp³-hybridized carbons (Fsp3) is 0.538. The Labute approximate surface area is 191 Å². The highest BCUT2D eigenvalue weighted by Gasteiger charge is 2.43. The summed E-state index contributed by atoms with van der Waals surface area (Å²) in [7, 11) is 1.59. The van der Waals surface area contributed by atoms with Crippen LogP contribution in [0.5, 0.6) is 11.5 Å². The molecule has 1 N–H and O–H groups in total. The zero-order chi connectivity index (χ0) is 23.5. The van der Waals surface area contributed by atoms with Gasteiger partial charge in [-0.1, -0.05) is 33.3 Å². The molecule has 0 aromatic heterocycles. The smallest absolute Gasteiger partial charge is 0.336 e. The summed E-state index contributed by atoms with van der Waals surface area (Å²) in [6.45, 7) is 10.9. The summed E-state index contributed by atoms with van der Waals surface area (Å²) in [6, 6.07) is 5.62. The summed E-state index contributed by atoms with van der Waals surface area (Å²) in [5.41, 5.74) is 3.45. The molecular formula is C26H35NO5. The molecule has 1 aromatic rings. The fourth-order valence-electron chi connectivity index (χ4n) is 4.57. The molecule has 1 aliphatic carbocycles. The number of ketones is 1. The van der Waals surface area contributed by atoms with Crippen molar-refractivity contribution in [3.05, 3.63) is 46.3 Å². The molecule has 0 saturated carbocycles. The largest absolute Gasteiger partial charge is 0.493 e. The van der Waals surface area contributed by atoms with Crippen LogP contribution in [0.1, 0.15) is 71.8 Å². The van der Waals surface area contributed by atoms with Crippen LogP contribution >= 0.6 is 0 Å². The monoisotopic (exact) mass is 441 g/mol. The van der Waals surface area contributed by atoms with Gasteiger partial charge in [-0.3, -0.25) is 4.79 Å². The van der Waals surface area contributed by atoms with Crippen LogP contribution < -0.4 is 14.8 Å². The number of benzene rings is 1. The van der Waals surface area contributed by atoms with Crippen LogP contribution in [0, 0.1) is 5.41 Å². The first-order chi connectivity index (χ1) is 15.2. The summed E-state index contributed by atoms with van der Waals surface area (Å²) < 4.78 is 16.8. The number of carbonyl (C=O) groups excluding carboxylic acids is 2. The molecule has 0 bridgehead atoms. The quantitative estimate of drug-likeness (QED) is 0.450. The number of dihydropyridines is 1. The van der Waals surface area contributed by atoms with E-state index in [-0.39, 0.29) is 17.2 Å². The van der Waals surface area contributed by atoms with Gasteiger partial charge < -0.3 is 19.5 Å². The Bertz CT molecular complexity index is 957. The number of rotatable bonds is 8. The Morgan fingerprint density at radius 1 is 1.19 bits per heavy atom. The van der Waals surface area contributed by atoms with E-state index in [1.807, 2.05) is 32.0 Å². The van der Waals surface area contributed by atoms with Gasteiger partial charge in [-0.2, -0.15) is 0 Å². The molecule has 1 aromatic carbocycles. The number of nitrogens with one attached hydrogen (secondary N) is 1. The van der Waals surface area contributed by atoms with E-state index >= 15 is 0 Å².